The van der Waals surface area contributed by atoms with E-state index >= 15 is 0 Å². The monoisotopic (exact) mass is 297 g/mol. The number of hydrogen-bond acceptors (Lipinski definition) is 3. The topological polar surface area (TPSA) is 70.7 Å². The minimum absolute atomic E-state index is 0.100. The first-order valence-corrected chi connectivity index (χ1v) is 7.59. The number of rotatable bonds is 4. The molecule has 0 atom stereocenters. The normalized spacial score (nSPS) is 16.8. The number of allylic oxidation sites excluding steroid dienone is 1. The van der Waals surface area contributed by atoms with E-state index in [1.165, 1.54) is 0 Å². The summed E-state index contributed by atoms with van der Waals surface area (Å²) in [6.07, 6.45) is 2.97. The second kappa shape index (κ2) is 8.54. The molecule has 1 fully saturated rings. The molecule has 1 saturated heterocycles. The molecule has 1 aliphatic heterocycles. The number of nitrogens with one attached hydrogen (secondary N) is 2. The number of likely N-dealkylation sites (tertiary alicyclic amines) is 1. The Morgan fingerprint density at radius 3 is 2.48 bits per heavy atom. The van der Waals surface area contributed by atoms with Gasteiger partial charge in [-0.2, -0.15) is 0 Å². The molecule has 0 saturated carbocycles. The molecule has 21 heavy (non-hydrogen) atoms. The van der Waals surface area contributed by atoms with Crippen LogP contribution in [0.4, 0.5) is 9.59 Å². The number of carbonyl (C=O) groups excluding carboxylic acids is 2. The van der Waals surface area contributed by atoms with E-state index in [0.29, 0.717) is 25.6 Å². The van der Waals surface area contributed by atoms with E-state index in [4.69, 9.17) is 4.74 Å². The largest absolute Gasteiger partial charge is 0.450 e. The molecule has 1 heterocycles. The smallest absolute Gasteiger partial charge is 0.409 e. The van der Waals surface area contributed by atoms with Crippen LogP contribution in [0.2, 0.25) is 0 Å². The van der Waals surface area contributed by atoms with Crippen molar-refractivity contribution in [1.82, 2.24) is 15.5 Å². The molecule has 0 bridgehead atoms. The summed E-state index contributed by atoms with van der Waals surface area (Å²) in [5.41, 5.74) is 1.13. The van der Waals surface area contributed by atoms with Crippen molar-refractivity contribution in [2.75, 3.05) is 19.7 Å². The molecule has 0 spiro atoms. The van der Waals surface area contributed by atoms with Gasteiger partial charge in [-0.25, -0.2) is 9.59 Å². The number of urea groups is 1. The molecule has 3 amide bonds. The van der Waals surface area contributed by atoms with Crippen LogP contribution < -0.4 is 10.6 Å². The lowest BCUT2D eigenvalue weighted by molar-refractivity contribution is 0.0958. The molecule has 0 aromatic rings. The standard InChI is InChI=1S/C15H27N3O3/c1-5-21-15(20)18-8-6-13(7-9-18)17-14(19)16-10-12(4)11(2)3/h10-11,13H,5-9H2,1-4H3,(H2,16,17,19)/b12-10+. The van der Waals surface area contributed by atoms with Crippen LogP contribution in [0.15, 0.2) is 11.8 Å². The van der Waals surface area contributed by atoms with Crippen molar-refractivity contribution in [3.8, 4) is 0 Å². The first-order valence-electron chi connectivity index (χ1n) is 7.59. The van der Waals surface area contributed by atoms with Crippen LogP contribution in [0.1, 0.15) is 40.5 Å². The van der Waals surface area contributed by atoms with E-state index in [1.807, 2.05) is 6.92 Å². The lowest BCUT2D eigenvalue weighted by Gasteiger charge is -2.31. The fraction of sp³-hybridized carbons (Fsp3) is 0.733. The molecule has 0 aromatic heterocycles. The molecule has 0 aromatic carbocycles. The third kappa shape index (κ3) is 6.06. The zero-order valence-corrected chi connectivity index (χ0v) is 13.4. The van der Waals surface area contributed by atoms with Gasteiger partial charge >= 0.3 is 12.1 Å². The molecule has 0 unspecified atom stereocenters. The van der Waals surface area contributed by atoms with E-state index in [0.717, 1.165) is 18.4 Å². The van der Waals surface area contributed by atoms with Crippen molar-refractivity contribution in [2.24, 2.45) is 5.92 Å². The van der Waals surface area contributed by atoms with Gasteiger partial charge in [0.15, 0.2) is 0 Å². The van der Waals surface area contributed by atoms with E-state index in [2.05, 4.69) is 24.5 Å². The number of carbonyl (C=O) groups is 2. The van der Waals surface area contributed by atoms with Crippen molar-refractivity contribution in [2.45, 2.75) is 46.6 Å². The van der Waals surface area contributed by atoms with Crippen molar-refractivity contribution in [3.63, 3.8) is 0 Å². The van der Waals surface area contributed by atoms with Crippen LogP contribution in [0.25, 0.3) is 0 Å². The lowest BCUT2D eigenvalue weighted by Crippen LogP contribution is -2.48. The molecular formula is C15H27N3O3. The average molecular weight is 297 g/mol. The highest BCUT2D eigenvalue weighted by Gasteiger charge is 2.24. The van der Waals surface area contributed by atoms with Crippen LogP contribution in [-0.4, -0.2) is 42.8 Å². The van der Waals surface area contributed by atoms with E-state index in [-0.39, 0.29) is 18.2 Å². The zero-order chi connectivity index (χ0) is 15.8. The summed E-state index contributed by atoms with van der Waals surface area (Å²) >= 11 is 0. The second-order valence-corrected chi connectivity index (χ2v) is 5.62. The van der Waals surface area contributed by atoms with Crippen molar-refractivity contribution in [3.05, 3.63) is 11.8 Å². The number of ether oxygens (including phenoxy) is 1. The fourth-order valence-corrected chi connectivity index (χ4v) is 1.99. The highest BCUT2D eigenvalue weighted by Crippen LogP contribution is 2.11. The number of amides is 3. The first-order chi connectivity index (χ1) is 9.93. The Morgan fingerprint density at radius 2 is 1.95 bits per heavy atom. The van der Waals surface area contributed by atoms with Gasteiger partial charge in [0.05, 0.1) is 6.61 Å². The van der Waals surface area contributed by atoms with Gasteiger partial charge in [0.25, 0.3) is 0 Å². The summed E-state index contributed by atoms with van der Waals surface area (Å²) in [7, 11) is 0. The molecule has 1 rings (SSSR count). The lowest BCUT2D eigenvalue weighted by atomic mass is 10.1. The molecule has 0 aliphatic carbocycles. The molecular weight excluding hydrogens is 270 g/mol. The van der Waals surface area contributed by atoms with Crippen LogP contribution in [-0.2, 0) is 4.74 Å². The highest BCUT2D eigenvalue weighted by atomic mass is 16.6. The molecule has 6 heteroatoms. The van der Waals surface area contributed by atoms with Gasteiger partial charge in [-0.3, -0.25) is 0 Å². The SMILES string of the molecule is CCOC(=O)N1CCC(NC(=O)N/C=C(\C)C(C)C)CC1. The molecule has 1 aliphatic rings. The van der Waals surface area contributed by atoms with Gasteiger partial charge in [-0.15, -0.1) is 0 Å². The third-order valence-electron chi connectivity index (χ3n) is 3.70. The van der Waals surface area contributed by atoms with Gasteiger partial charge in [-0.1, -0.05) is 19.4 Å². The van der Waals surface area contributed by atoms with Gasteiger partial charge in [0.2, 0.25) is 0 Å². The summed E-state index contributed by atoms with van der Waals surface area (Å²) in [6, 6.07) is -0.0898. The van der Waals surface area contributed by atoms with Gasteiger partial charge in [0.1, 0.15) is 0 Å². The maximum atomic E-state index is 11.8. The van der Waals surface area contributed by atoms with Crippen LogP contribution >= 0.6 is 0 Å². The summed E-state index contributed by atoms with van der Waals surface area (Å²) in [6.45, 7) is 9.56. The summed E-state index contributed by atoms with van der Waals surface area (Å²) in [4.78, 5) is 25.0. The maximum Gasteiger partial charge on any atom is 0.409 e. The van der Waals surface area contributed by atoms with Crippen LogP contribution in [0.3, 0.4) is 0 Å². The van der Waals surface area contributed by atoms with E-state index < -0.39 is 0 Å². The summed E-state index contributed by atoms with van der Waals surface area (Å²) < 4.78 is 4.96. The minimum Gasteiger partial charge on any atom is -0.450 e. The van der Waals surface area contributed by atoms with E-state index in [1.54, 1.807) is 18.0 Å². The molecule has 6 nitrogen and oxygen atoms in total. The Kier molecular flexibility index (Phi) is 7.05. The Labute approximate surface area is 126 Å². The summed E-state index contributed by atoms with van der Waals surface area (Å²) in [5.74, 6) is 0.415. The first kappa shape index (κ1) is 17.3. The van der Waals surface area contributed by atoms with Gasteiger partial charge in [0, 0.05) is 25.3 Å². The molecule has 2 N–H and O–H groups in total. The van der Waals surface area contributed by atoms with Crippen LogP contribution in [0.5, 0.6) is 0 Å². The molecule has 0 radical (unpaired) electrons. The predicted octanol–water partition coefficient (Wildman–Crippen LogP) is 2.47. The number of nitrogens with zero attached hydrogens (tertiary/aromatic N) is 1. The van der Waals surface area contributed by atoms with Crippen molar-refractivity contribution < 1.29 is 14.3 Å². The predicted molar refractivity (Wildman–Crippen MR) is 81.9 cm³/mol. The molecule has 120 valence electrons. The zero-order valence-electron chi connectivity index (χ0n) is 13.4. The Bertz CT molecular complexity index is 386. The summed E-state index contributed by atoms with van der Waals surface area (Å²) in [5, 5.41) is 5.68. The number of piperidine rings is 1. The van der Waals surface area contributed by atoms with Crippen molar-refractivity contribution in [1.29, 1.82) is 0 Å². The highest BCUT2D eigenvalue weighted by molar-refractivity contribution is 5.75. The minimum atomic E-state index is -0.268. The maximum absolute atomic E-state index is 11.8. The number of hydrogen-bond donors (Lipinski definition) is 2. The Morgan fingerprint density at radius 1 is 1.33 bits per heavy atom. The van der Waals surface area contributed by atoms with Gasteiger partial charge < -0.3 is 20.3 Å². The quantitative estimate of drug-likeness (QED) is 0.837. The average Bonchev–Trinajstić information content (AvgIpc) is 2.45. The second-order valence-electron chi connectivity index (χ2n) is 5.62. The van der Waals surface area contributed by atoms with Gasteiger partial charge in [-0.05, 0) is 32.6 Å². The van der Waals surface area contributed by atoms with Crippen molar-refractivity contribution >= 4 is 12.1 Å². The Hall–Kier alpha value is -1.72. The van der Waals surface area contributed by atoms with E-state index in [9.17, 15) is 9.59 Å². The van der Waals surface area contributed by atoms with Crippen LogP contribution in [0, 0.1) is 5.92 Å². The Balaban J connectivity index is 2.31. The fourth-order valence-electron chi connectivity index (χ4n) is 1.99. The third-order valence-corrected chi connectivity index (χ3v) is 3.70.